The number of anilines is 2. The van der Waals surface area contributed by atoms with Crippen molar-refractivity contribution < 1.29 is 14.3 Å². The fourth-order valence-electron chi connectivity index (χ4n) is 2.26. The Kier molecular flexibility index (Phi) is 4.41. The minimum Gasteiger partial charge on any atom is -0.482 e. The summed E-state index contributed by atoms with van der Waals surface area (Å²) >= 11 is 11.8. The molecule has 0 bridgehead atoms. The van der Waals surface area contributed by atoms with Crippen LogP contribution < -0.4 is 15.0 Å². The fourth-order valence-corrected chi connectivity index (χ4v) is 2.61. The maximum Gasteiger partial charge on any atom is 0.265 e. The van der Waals surface area contributed by atoms with Gasteiger partial charge in [0.05, 0.1) is 5.69 Å². The predicted octanol–water partition coefficient (Wildman–Crippen LogP) is 3.36. The maximum atomic E-state index is 12.2. The first-order valence-electron chi connectivity index (χ1n) is 6.81. The van der Waals surface area contributed by atoms with E-state index in [1.54, 1.807) is 42.5 Å². The highest BCUT2D eigenvalue weighted by Crippen LogP contribution is 2.34. The molecule has 0 saturated carbocycles. The van der Waals surface area contributed by atoms with Crippen molar-refractivity contribution in [3.63, 3.8) is 0 Å². The number of nitrogens with one attached hydrogen (secondary N) is 1. The molecule has 0 aliphatic carbocycles. The monoisotopic (exact) mass is 350 g/mol. The van der Waals surface area contributed by atoms with Gasteiger partial charge >= 0.3 is 0 Å². The highest BCUT2D eigenvalue weighted by atomic mass is 35.5. The Morgan fingerprint density at radius 3 is 2.74 bits per heavy atom. The zero-order valence-corrected chi connectivity index (χ0v) is 13.4. The normalized spacial score (nSPS) is 13.3. The van der Waals surface area contributed by atoms with Crippen molar-refractivity contribution in [2.45, 2.75) is 0 Å². The van der Waals surface area contributed by atoms with E-state index in [9.17, 15) is 9.59 Å². The molecular formula is C16H12Cl2N2O3. The van der Waals surface area contributed by atoms with Gasteiger partial charge in [-0.05, 0) is 30.3 Å². The number of benzene rings is 2. The molecule has 5 nitrogen and oxygen atoms in total. The molecule has 3 rings (SSSR count). The summed E-state index contributed by atoms with van der Waals surface area (Å²) in [4.78, 5) is 25.6. The molecule has 118 valence electrons. The topological polar surface area (TPSA) is 58.6 Å². The van der Waals surface area contributed by atoms with Gasteiger partial charge in [0.1, 0.15) is 12.3 Å². The van der Waals surface area contributed by atoms with Crippen molar-refractivity contribution in [2.75, 3.05) is 23.4 Å². The number of hydrogen-bond donors (Lipinski definition) is 1. The Morgan fingerprint density at radius 1 is 1.17 bits per heavy atom. The molecule has 0 aromatic heterocycles. The number of ether oxygens (including phenoxy) is 1. The summed E-state index contributed by atoms with van der Waals surface area (Å²) < 4.78 is 5.34. The number of carbonyl (C=O) groups excluding carboxylic acids is 2. The molecule has 7 heteroatoms. The molecule has 23 heavy (non-hydrogen) atoms. The molecule has 1 aliphatic heterocycles. The third-order valence-corrected chi connectivity index (χ3v) is 3.75. The summed E-state index contributed by atoms with van der Waals surface area (Å²) in [6.07, 6.45) is 0. The van der Waals surface area contributed by atoms with E-state index >= 15 is 0 Å². The van der Waals surface area contributed by atoms with Gasteiger partial charge in [0, 0.05) is 21.8 Å². The molecule has 1 aliphatic rings. The molecule has 0 unspecified atom stereocenters. The van der Waals surface area contributed by atoms with Gasteiger partial charge < -0.3 is 10.1 Å². The van der Waals surface area contributed by atoms with Gasteiger partial charge in [-0.1, -0.05) is 29.3 Å². The summed E-state index contributed by atoms with van der Waals surface area (Å²) in [6, 6.07) is 11.7. The van der Waals surface area contributed by atoms with E-state index in [0.717, 1.165) is 0 Å². The Balaban J connectivity index is 1.77. The molecular weight excluding hydrogens is 339 g/mol. The second kappa shape index (κ2) is 6.48. The maximum absolute atomic E-state index is 12.2. The van der Waals surface area contributed by atoms with Gasteiger partial charge in [-0.15, -0.1) is 0 Å². The van der Waals surface area contributed by atoms with Crippen LogP contribution in [0.3, 0.4) is 0 Å². The zero-order chi connectivity index (χ0) is 16.4. The van der Waals surface area contributed by atoms with E-state index < -0.39 is 0 Å². The van der Waals surface area contributed by atoms with E-state index in [1.165, 1.54) is 4.90 Å². The molecule has 0 fully saturated rings. The standard InChI is InChI=1S/C16H12Cl2N2O3/c17-10-2-1-3-12(6-10)19-15(21)8-20-13-5-4-11(18)7-14(13)23-9-16(20)22/h1-7H,8-9H2,(H,19,21). The van der Waals surface area contributed by atoms with Crippen LogP contribution in [0.2, 0.25) is 10.0 Å². The molecule has 2 amide bonds. The van der Waals surface area contributed by atoms with E-state index in [2.05, 4.69) is 5.32 Å². The Bertz CT molecular complexity index is 780. The van der Waals surface area contributed by atoms with Crippen LogP contribution in [0.4, 0.5) is 11.4 Å². The van der Waals surface area contributed by atoms with Crippen LogP contribution in [0.1, 0.15) is 0 Å². The van der Waals surface area contributed by atoms with Gasteiger partial charge in [-0.25, -0.2) is 0 Å². The van der Waals surface area contributed by atoms with Crippen LogP contribution in [-0.2, 0) is 9.59 Å². The molecule has 0 saturated heterocycles. The fraction of sp³-hybridized carbons (Fsp3) is 0.125. The minimum atomic E-state index is -0.330. The van der Waals surface area contributed by atoms with Gasteiger partial charge in [-0.2, -0.15) is 0 Å². The molecule has 2 aromatic carbocycles. The molecule has 0 radical (unpaired) electrons. The molecule has 1 N–H and O–H groups in total. The van der Waals surface area contributed by atoms with Gasteiger partial charge in [0.25, 0.3) is 5.91 Å². The Labute approximate surface area is 142 Å². The first kappa shape index (κ1) is 15.6. The summed E-state index contributed by atoms with van der Waals surface area (Å²) in [7, 11) is 0. The highest BCUT2D eigenvalue weighted by molar-refractivity contribution is 6.31. The lowest BCUT2D eigenvalue weighted by molar-refractivity contribution is -0.123. The summed E-state index contributed by atoms with van der Waals surface area (Å²) in [5.74, 6) is -0.142. The molecule has 1 heterocycles. The Morgan fingerprint density at radius 2 is 1.96 bits per heavy atom. The lowest BCUT2D eigenvalue weighted by Crippen LogP contribution is -2.43. The van der Waals surface area contributed by atoms with Crippen molar-refractivity contribution in [3.8, 4) is 5.75 Å². The van der Waals surface area contributed by atoms with Gasteiger partial charge in [0.15, 0.2) is 6.61 Å². The predicted molar refractivity (Wildman–Crippen MR) is 89.4 cm³/mol. The third-order valence-electron chi connectivity index (χ3n) is 3.27. The smallest absolute Gasteiger partial charge is 0.265 e. The first-order chi connectivity index (χ1) is 11.0. The van der Waals surface area contributed by atoms with Gasteiger partial charge in [-0.3, -0.25) is 14.5 Å². The summed E-state index contributed by atoms with van der Waals surface area (Å²) in [5, 5.41) is 3.73. The lowest BCUT2D eigenvalue weighted by Gasteiger charge is -2.28. The molecule has 0 atom stereocenters. The molecule has 2 aromatic rings. The first-order valence-corrected chi connectivity index (χ1v) is 7.56. The minimum absolute atomic E-state index is 0.122. The quantitative estimate of drug-likeness (QED) is 0.923. The van der Waals surface area contributed by atoms with Crippen LogP contribution in [-0.4, -0.2) is 25.0 Å². The van der Waals surface area contributed by atoms with E-state index in [0.29, 0.717) is 27.2 Å². The number of amides is 2. The van der Waals surface area contributed by atoms with Crippen LogP contribution >= 0.6 is 23.2 Å². The summed E-state index contributed by atoms with van der Waals surface area (Å²) in [6.45, 7) is -0.249. The van der Waals surface area contributed by atoms with Crippen molar-refractivity contribution in [2.24, 2.45) is 0 Å². The van der Waals surface area contributed by atoms with Crippen molar-refractivity contribution >= 4 is 46.4 Å². The number of hydrogen-bond acceptors (Lipinski definition) is 3. The van der Waals surface area contributed by atoms with Crippen LogP contribution in [0.15, 0.2) is 42.5 Å². The average molecular weight is 351 g/mol. The van der Waals surface area contributed by atoms with Crippen molar-refractivity contribution in [1.82, 2.24) is 0 Å². The van der Waals surface area contributed by atoms with Gasteiger partial charge in [0.2, 0.25) is 5.91 Å². The third kappa shape index (κ3) is 3.57. The lowest BCUT2D eigenvalue weighted by atomic mass is 10.2. The van der Waals surface area contributed by atoms with Crippen LogP contribution in [0, 0.1) is 0 Å². The highest BCUT2D eigenvalue weighted by Gasteiger charge is 2.27. The van der Waals surface area contributed by atoms with Crippen molar-refractivity contribution in [1.29, 1.82) is 0 Å². The number of halogens is 2. The van der Waals surface area contributed by atoms with Crippen molar-refractivity contribution in [3.05, 3.63) is 52.5 Å². The van der Waals surface area contributed by atoms with Crippen LogP contribution in [0.5, 0.6) is 5.75 Å². The van der Waals surface area contributed by atoms with E-state index in [1.807, 2.05) is 0 Å². The SMILES string of the molecule is O=C(CN1C(=O)COc2cc(Cl)ccc21)Nc1cccc(Cl)c1. The number of rotatable bonds is 3. The number of fused-ring (bicyclic) bond motifs is 1. The molecule has 0 spiro atoms. The Hall–Kier alpha value is -2.24. The zero-order valence-electron chi connectivity index (χ0n) is 11.9. The second-order valence-electron chi connectivity index (χ2n) is 4.94. The summed E-state index contributed by atoms with van der Waals surface area (Å²) in [5.41, 5.74) is 1.09. The average Bonchev–Trinajstić information content (AvgIpc) is 2.50. The largest absolute Gasteiger partial charge is 0.482 e. The number of nitrogens with zero attached hydrogens (tertiary/aromatic N) is 1. The van der Waals surface area contributed by atoms with E-state index in [-0.39, 0.29) is 25.0 Å². The second-order valence-corrected chi connectivity index (χ2v) is 5.81. The van der Waals surface area contributed by atoms with Crippen LogP contribution in [0.25, 0.3) is 0 Å². The number of carbonyl (C=O) groups is 2. The van der Waals surface area contributed by atoms with E-state index in [4.69, 9.17) is 27.9 Å².